The third-order valence-electron chi connectivity index (χ3n) is 8.67. The molecular weight excluding hydrogens is 568 g/mol. The highest BCUT2D eigenvalue weighted by atomic mass is 16.5. The second-order valence-corrected chi connectivity index (χ2v) is 12.0. The number of hydrogen-bond acceptors (Lipinski definition) is 5. The monoisotopic (exact) mass is 610 g/mol. The number of carbonyl (C=O) groups excluding carboxylic acids is 4. The number of carbonyl (C=O) groups is 4. The van der Waals surface area contributed by atoms with E-state index in [1.54, 1.807) is 35.2 Å². The van der Waals surface area contributed by atoms with E-state index in [4.69, 9.17) is 4.74 Å². The van der Waals surface area contributed by atoms with Crippen molar-refractivity contribution in [3.8, 4) is 5.75 Å². The summed E-state index contributed by atoms with van der Waals surface area (Å²) in [5.74, 6) is -0.560. The van der Waals surface area contributed by atoms with Gasteiger partial charge in [-0.25, -0.2) is 0 Å². The van der Waals surface area contributed by atoms with Crippen molar-refractivity contribution in [1.82, 2.24) is 20.9 Å². The minimum absolute atomic E-state index is 0.204. The standard InChI is InChI=1S/C36H42N4O5/c1-25-14-16-30-21-29(25)23-37-35(43)31(17-15-26-9-4-2-5-10-26)38-36(44)32(39-34(42)28-12-6-3-7-13-28)22-33(41)40-19-8-11-27(24-40)18-20-45-30/h2-7,9-10,12-14,16,21,27,31-32H,8,11,15,17-20,22-24H2,1H3,(H,37,43)(H,38,44)(H,39,42)/t27?,31-,32-/m0/s1. The van der Waals surface area contributed by atoms with Crippen LogP contribution in [0.2, 0.25) is 0 Å². The molecule has 2 heterocycles. The number of hydrogen-bond donors (Lipinski definition) is 3. The lowest BCUT2D eigenvalue weighted by Gasteiger charge is -2.34. The molecule has 1 unspecified atom stereocenters. The number of piperidine rings is 1. The molecule has 0 aliphatic carbocycles. The average molecular weight is 611 g/mol. The van der Waals surface area contributed by atoms with Crippen LogP contribution in [0.5, 0.6) is 5.75 Å². The van der Waals surface area contributed by atoms with E-state index in [1.165, 1.54) is 0 Å². The van der Waals surface area contributed by atoms with Gasteiger partial charge >= 0.3 is 0 Å². The molecule has 3 aromatic rings. The summed E-state index contributed by atoms with van der Waals surface area (Å²) in [5.41, 5.74) is 3.36. The predicted molar refractivity (Wildman–Crippen MR) is 171 cm³/mol. The van der Waals surface area contributed by atoms with E-state index in [0.717, 1.165) is 41.7 Å². The fourth-order valence-electron chi connectivity index (χ4n) is 5.95. The average Bonchev–Trinajstić information content (AvgIpc) is 3.06. The molecule has 9 heteroatoms. The summed E-state index contributed by atoms with van der Waals surface area (Å²) in [7, 11) is 0. The number of nitrogens with zero attached hydrogens (tertiary/aromatic N) is 1. The molecular formula is C36H42N4O5. The molecule has 2 aliphatic rings. The molecule has 0 spiro atoms. The lowest BCUT2D eigenvalue weighted by molar-refractivity contribution is -0.137. The fourth-order valence-corrected chi connectivity index (χ4v) is 5.95. The van der Waals surface area contributed by atoms with E-state index in [2.05, 4.69) is 16.0 Å². The van der Waals surface area contributed by atoms with Crippen molar-refractivity contribution in [3.05, 3.63) is 101 Å². The van der Waals surface area contributed by atoms with Gasteiger partial charge < -0.3 is 25.6 Å². The maximum Gasteiger partial charge on any atom is 0.251 e. The highest BCUT2D eigenvalue weighted by Crippen LogP contribution is 2.23. The number of nitrogens with one attached hydrogen (secondary N) is 3. The van der Waals surface area contributed by atoms with Gasteiger partial charge in [-0.15, -0.1) is 0 Å². The smallest absolute Gasteiger partial charge is 0.251 e. The molecule has 0 aromatic heterocycles. The molecule has 45 heavy (non-hydrogen) atoms. The Balaban J connectivity index is 1.42. The lowest BCUT2D eigenvalue weighted by Crippen LogP contribution is -2.55. The van der Waals surface area contributed by atoms with Crippen molar-refractivity contribution < 1.29 is 23.9 Å². The number of rotatable bonds is 5. The lowest BCUT2D eigenvalue weighted by atomic mass is 9.94. The van der Waals surface area contributed by atoms with Crippen LogP contribution in [0.3, 0.4) is 0 Å². The highest BCUT2D eigenvalue weighted by Gasteiger charge is 2.32. The van der Waals surface area contributed by atoms with Crippen molar-refractivity contribution in [1.29, 1.82) is 0 Å². The van der Waals surface area contributed by atoms with E-state index in [1.807, 2.05) is 55.5 Å². The summed E-state index contributed by atoms with van der Waals surface area (Å²) >= 11 is 0. The van der Waals surface area contributed by atoms with Crippen molar-refractivity contribution in [2.45, 2.75) is 64.1 Å². The first-order valence-electron chi connectivity index (χ1n) is 15.8. The SMILES string of the molecule is Cc1ccc2cc1CNC(=O)[C@H](CCc1ccccc1)NC(=O)[C@@H](NC(=O)c1ccccc1)CC(=O)N1CCCC(CCO2)C1. The van der Waals surface area contributed by atoms with Gasteiger partial charge in [-0.05, 0) is 85.9 Å². The molecule has 9 nitrogen and oxygen atoms in total. The Morgan fingerprint density at radius 2 is 1.71 bits per heavy atom. The van der Waals surface area contributed by atoms with Gasteiger partial charge in [-0.2, -0.15) is 0 Å². The molecule has 4 amide bonds. The summed E-state index contributed by atoms with van der Waals surface area (Å²) in [6.45, 7) is 3.94. The predicted octanol–water partition coefficient (Wildman–Crippen LogP) is 3.94. The second-order valence-electron chi connectivity index (χ2n) is 12.0. The number of fused-ring (bicyclic) bond motifs is 4. The zero-order valence-electron chi connectivity index (χ0n) is 25.8. The Labute approximate surface area is 264 Å². The number of ether oxygens (including phenoxy) is 1. The molecule has 0 radical (unpaired) electrons. The van der Waals surface area contributed by atoms with E-state index in [9.17, 15) is 19.2 Å². The van der Waals surface area contributed by atoms with Gasteiger partial charge in [-0.3, -0.25) is 19.2 Å². The topological polar surface area (TPSA) is 117 Å². The van der Waals surface area contributed by atoms with Crippen LogP contribution in [0.15, 0.2) is 78.9 Å². The Kier molecular flexibility index (Phi) is 10.8. The van der Waals surface area contributed by atoms with Crippen LogP contribution in [0.1, 0.15) is 59.2 Å². The highest BCUT2D eigenvalue weighted by molar-refractivity contribution is 5.99. The number of amides is 4. The minimum atomic E-state index is -1.15. The molecule has 1 saturated heterocycles. The van der Waals surface area contributed by atoms with Gasteiger partial charge in [0.2, 0.25) is 17.7 Å². The first-order chi connectivity index (χ1) is 21.9. The van der Waals surface area contributed by atoms with E-state index in [-0.39, 0.29) is 30.7 Å². The molecule has 2 aliphatic heterocycles. The zero-order chi connectivity index (χ0) is 31.6. The first kappa shape index (κ1) is 31.8. The summed E-state index contributed by atoms with van der Waals surface area (Å²) in [6, 6.07) is 22.1. The van der Waals surface area contributed by atoms with Crippen molar-refractivity contribution in [2.24, 2.45) is 5.92 Å². The molecule has 3 N–H and O–H groups in total. The van der Waals surface area contributed by atoms with Crippen LogP contribution < -0.4 is 20.7 Å². The van der Waals surface area contributed by atoms with Gasteiger partial charge in [0.15, 0.2) is 0 Å². The van der Waals surface area contributed by atoms with Gasteiger partial charge in [0.25, 0.3) is 5.91 Å². The third kappa shape index (κ3) is 8.94. The summed E-state index contributed by atoms with van der Waals surface area (Å²) in [4.78, 5) is 56.0. The van der Waals surface area contributed by atoms with Crippen LogP contribution in [0.4, 0.5) is 0 Å². The molecule has 4 bridgehead atoms. The number of aryl methyl sites for hydroxylation is 2. The Hall–Kier alpha value is -4.66. The first-order valence-corrected chi connectivity index (χ1v) is 15.8. The summed E-state index contributed by atoms with van der Waals surface area (Å²) in [6.07, 6.45) is 3.34. The van der Waals surface area contributed by atoms with Crippen LogP contribution in [0.25, 0.3) is 0 Å². The van der Waals surface area contributed by atoms with Crippen molar-refractivity contribution in [2.75, 3.05) is 19.7 Å². The Morgan fingerprint density at radius 3 is 2.49 bits per heavy atom. The van der Waals surface area contributed by atoms with Gasteiger partial charge in [0.05, 0.1) is 13.0 Å². The second kappa shape index (κ2) is 15.4. The van der Waals surface area contributed by atoms with Crippen molar-refractivity contribution >= 4 is 23.6 Å². The number of benzene rings is 3. The van der Waals surface area contributed by atoms with E-state index < -0.39 is 23.9 Å². The maximum atomic E-state index is 13.9. The van der Waals surface area contributed by atoms with Gasteiger partial charge in [-0.1, -0.05) is 54.6 Å². The van der Waals surface area contributed by atoms with Crippen LogP contribution >= 0.6 is 0 Å². The fraction of sp³-hybridized carbons (Fsp3) is 0.389. The molecule has 1 fully saturated rings. The van der Waals surface area contributed by atoms with Crippen LogP contribution in [-0.4, -0.2) is 60.3 Å². The quantitative estimate of drug-likeness (QED) is 0.405. The molecule has 3 aromatic carbocycles. The third-order valence-corrected chi connectivity index (χ3v) is 8.67. The normalized spacial score (nSPS) is 21.4. The molecule has 5 rings (SSSR count). The van der Waals surface area contributed by atoms with Crippen LogP contribution in [-0.2, 0) is 27.3 Å². The zero-order valence-corrected chi connectivity index (χ0v) is 25.8. The largest absolute Gasteiger partial charge is 0.494 e. The summed E-state index contributed by atoms with van der Waals surface area (Å²) in [5, 5.41) is 8.66. The minimum Gasteiger partial charge on any atom is -0.494 e. The summed E-state index contributed by atoms with van der Waals surface area (Å²) < 4.78 is 6.10. The van der Waals surface area contributed by atoms with Gasteiger partial charge in [0, 0.05) is 25.2 Å². The maximum absolute atomic E-state index is 13.9. The van der Waals surface area contributed by atoms with Crippen LogP contribution in [0, 0.1) is 12.8 Å². The molecule has 236 valence electrons. The van der Waals surface area contributed by atoms with E-state index in [0.29, 0.717) is 38.1 Å². The Bertz CT molecular complexity index is 1480. The molecule has 0 saturated carbocycles. The van der Waals surface area contributed by atoms with Gasteiger partial charge in [0.1, 0.15) is 17.8 Å². The molecule has 3 atom stereocenters. The van der Waals surface area contributed by atoms with Crippen molar-refractivity contribution in [3.63, 3.8) is 0 Å². The Morgan fingerprint density at radius 1 is 0.956 bits per heavy atom. The van der Waals surface area contributed by atoms with E-state index >= 15 is 0 Å².